The predicted octanol–water partition coefficient (Wildman–Crippen LogP) is -0.142. The molecule has 1 aliphatic rings. The SMILES string of the molecule is C[C@H]1C(=O)NCCN1Cc1cnns1. The highest BCUT2D eigenvalue weighted by atomic mass is 32.1. The number of carbonyl (C=O) groups is 1. The van der Waals surface area contributed by atoms with Crippen molar-refractivity contribution >= 4 is 17.4 Å². The van der Waals surface area contributed by atoms with Crippen molar-refractivity contribution in [3.05, 3.63) is 11.1 Å². The van der Waals surface area contributed by atoms with E-state index in [-0.39, 0.29) is 11.9 Å². The molecule has 76 valence electrons. The summed E-state index contributed by atoms with van der Waals surface area (Å²) in [5.41, 5.74) is 0. The Bertz CT molecular complexity index is 313. The van der Waals surface area contributed by atoms with Gasteiger partial charge in [0.25, 0.3) is 0 Å². The van der Waals surface area contributed by atoms with Gasteiger partial charge in [0.05, 0.1) is 17.1 Å². The van der Waals surface area contributed by atoms with Crippen LogP contribution < -0.4 is 5.32 Å². The van der Waals surface area contributed by atoms with Gasteiger partial charge in [0.15, 0.2) is 0 Å². The first-order valence-corrected chi connectivity index (χ1v) is 5.32. The highest BCUT2D eigenvalue weighted by molar-refractivity contribution is 7.05. The van der Waals surface area contributed by atoms with Gasteiger partial charge in [-0.15, -0.1) is 5.10 Å². The summed E-state index contributed by atoms with van der Waals surface area (Å²) in [6.45, 7) is 4.31. The summed E-state index contributed by atoms with van der Waals surface area (Å²) in [5, 5.41) is 6.61. The van der Waals surface area contributed by atoms with Crippen molar-refractivity contribution in [2.75, 3.05) is 13.1 Å². The number of hydrogen-bond acceptors (Lipinski definition) is 5. The van der Waals surface area contributed by atoms with Crippen LogP contribution in [0.25, 0.3) is 0 Å². The van der Waals surface area contributed by atoms with Gasteiger partial charge in [-0.25, -0.2) is 0 Å². The third-order valence-electron chi connectivity index (χ3n) is 2.39. The highest BCUT2D eigenvalue weighted by Gasteiger charge is 2.25. The predicted molar refractivity (Wildman–Crippen MR) is 52.8 cm³/mol. The lowest BCUT2D eigenvalue weighted by atomic mass is 10.2. The summed E-state index contributed by atoms with van der Waals surface area (Å²) in [5.74, 6) is 0.105. The van der Waals surface area contributed by atoms with Gasteiger partial charge in [-0.3, -0.25) is 9.69 Å². The van der Waals surface area contributed by atoms with Crippen molar-refractivity contribution in [1.82, 2.24) is 19.8 Å². The minimum absolute atomic E-state index is 0.0501. The van der Waals surface area contributed by atoms with E-state index in [1.807, 2.05) is 6.92 Å². The molecule has 0 spiro atoms. The summed E-state index contributed by atoms with van der Waals surface area (Å²) in [4.78, 5) is 14.6. The fraction of sp³-hybridized carbons (Fsp3) is 0.625. The standard InChI is InChI=1S/C8H12N4OS/c1-6-8(13)9-2-3-12(6)5-7-4-10-11-14-7/h4,6H,2-3,5H2,1H3,(H,9,13)/t6-/m0/s1. The molecule has 1 saturated heterocycles. The summed E-state index contributed by atoms with van der Waals surface area (Å²) < 4.78 is 3.80. The van der Waals surface area contributed by atoms with Crippen LogP contribution in [0.3, 0.4) is 0 Å². The molecule has 0 saturated carbocycles. The van der Waals surface area contributed by atoms with E-state index in [1.54, 1.807) is 6.20 Å². The minimum Gasteiger partial charge on any atom is -0.353 e. The second kappa shape index (κ2) is 4.02. The maximum atomic E-state index is 11.4. The molecular formula is C8H12N4OS. The van der Waals surface area contributed by atoms with E-state index in [0.717, 1.165) is 24.5 Å². The van der Waals surface area contributed by atoms with E-state index in [2.05, 4.69) is 19.8 Å². The molecule has 0 unspecified atom stereocenters. The summed E-state index contributed by atoms with van der Waals surface area (Å²) in [7, 11) is 0. The van der Waals surface area contributed by atoms with E-state index in [4.69, 9.17) is 0 Å². The summed E-state index contributed by atoms with van der Waals surface area (Å²) >= 11 is 1.39. The van der Waals surface area contributed by atoms with E-state index < -0.39 is 0 Å². The normalized spacial score (nSPS) is 23.5. The molecule has 2 rings (SSSR count). The quantitative estimate of drug-likeness (QED) is 0.741. The molecule has 6 heteroatoms. The van der Waals surface area contributed by atoms with E-state index in [1.165, 1.54) is 11.5 Å². The maximum absolute atomic E-state index is 11.4. The first kappa shape index (κ1) is 9.54. The van der Waals surface area contributed by atoms with Gasteiger partial charge in [-0.05, 0) is 18.5 Å². The molecule has 1 atom stereocenters. The van der Waals surface area contributed by atoms with Crippen molar-refractivity contribution in [3.63, 3.8) is 0 Å². The molecule has 5 nitrogen and oxygen atoms in total. The van der Waals surface area contributed by atoms with Crippen LogP contribution in [0.4, 0.5) is 0 Å². The van der Waals surface area contributed by atoms with E-state index >= 15 is 0 Å². The lowest BCUT2D eigenvalue weighted by Crippen LogP contribution is -2.53. The van der Waals surface area contributed by atoms with Crippen molar-refractivity contribution in [2.24, 2.45) is 0 Å². The molecule has 1 amide bonds. The number of piperazine rings is 1. The van der Waals surface area contributed by atoms with E-state index in [9.17, 15) is 4.79 Å². The van der Waals surface area contributed by atoms with Crippen LogP contribution in [0.5, 0.6) is 0 Å². The molecule has 0 bridgehead atoms. The van der Waals surface area contributed by atoms with Crippen molar-refractivity contribution in [3.8, 4) is 0 Å². The molecule has 0 aliphatic carbocycles. The molecular weight excluding hydrogens is 200 g/mol. The molecule has 0 aromatic carbocycles. The van der Waals surface area contributed by atoms with Crippen LogP contribution in [0, 0.1) is 0 Å². The maximum Gasteiger partial charge on any atom is 0.237 e. The van der Waals surface area contributed by atoms with Gasteiger partial charge in [0.1, 0.15) is 0 Å². The first-order valence-electron chi connectivity index (χ1n) is 4.55. The van der Waals surface area contributed by atoms with Crippen LogP contribution in [0.2, 0.25) is 0 Å². The van der Waals surface area contributed by atoms with Gasteiger partial charge in [0, 0.05) is 19.6 Å². The number of nitrogens with one attached hydrogen (secondary N) is 1. The molecule has 1 aromatic rings. The molecule has 0 radical (unpaired) electrons. The Morgan fingerprint density at radius 1 is 1.79 bits per heavy atom. The Morgan fingerprint density at radius 3 is 3.36 bits per heavy atom. The Labute approximate surface area is 86.3 Å². The summed E-state index contributed by atoms with van der Waals surface area (Å²) in [6, 6.07) is -0.0501. The van der Waals surface area contributed by atoms with Crippen molar-refractivity contribution in [2.45, 2.75) is 19.5 Å². The average Bonchev–Trinajstić information content (AvgIpc) is 2.66. The molecule has 2 heterocycles. The van der Waals surface area contributed by atoms with Gasteiger partial charge >= 0.3 is 0 Å². The number of carbonyl (C=O) groups excluding carboxylic acids is 1. The Balaban J connectivity index is 2.00. The highest BCUT2D eigenvalue weighted by Crippen LogP contribution is 2.11. The Hall–Kier alpha value is -1.01. The zero-order valence-electron chi connectivity index (χ0n) is 7.93. The fourth-order valence-corrected chi connectivity index (χ4v) is 2.02. The smallest absolute Gasteiger partial charge is 0.237 e. The van der Waals surface area contributed by atoms with Crippen LogP contribution in [0.1, 0.15) is 11.8 Å². The molecule has 1 fully saturated rings. The lowest BCUT2D eigenvalue weighted by Gasteiger charge is -2.31. The molecule has 14 heavy (non-hydrogen) atoms. The fourth-order valence-electron chi connectivity index (χ4n) is 1.50. The molecule has 1 aliphatic heterocycles. The van der Waals surface area contributed by atoms with Crippen LogP contribution in [0.15, 0.2) is 6.20 Å². The monoisotopic (exact) mass is 212 g/mol. The number of amides is 1. The van der Waals surface area contributed by atoms with Gasteiger partial charge in [-0.1, -0.05) is 4.49 Å². The van der Waals surface area contributed by atoms with E-state index in [0.29, 0.717) is 0 Å². The molecule has 1 N–H and O–H groups in total. The van der Waals surface area contributed by atoms with Crippen LogP contribution >= 0.6 is 11.5 Å². The third kappa shape index (κ3) is 1.91. The second-order valence-corrected chi connectivity index (χ2v) is 4.19. The summed E-state index contributed by atoms with van der Waals surface area (Å²) in [6.07, 6.45) is 1.75. The largest absolute Gasteiger partial charge is 0.353 e. The van der Waals surface area contributed by atoms with Crippen molar-refractivity contribution in [1.29, 1.82) is 0 Å². The average molecular weight is 212 g/mol. The van der Waals surface area contributed by atoms with Gasteiger partial charge in [0.2, 0.25) is 5.91 Å². The van der Waals surface area contributed by atoms with Crippen LogP contribution in [-0.2, 0) is 11.3 Å². The molecule has 1 aromatic heterocycles. The number of nitrogens with zero attached hydrogens (tertiary/aromatic N) is 3. The number of aromatic nitrogens is 2. The first-order chi connectivity index (χ1) is 6.77. The Morgan fingerprint density at radius 2 is 2.64 bits per heavy atom. The third-order valence-corrected chi connectivity index (χ3v) is 3.04. The van der Waals surface area contributed by atoms with Crippen LogP contribution in [-0.4, -0.2) is 39.5 Å². The Kier molecular flexibility index (Phi) is 2.74. The zero-order valence-corrected chi connectivity index (χ0v) is 8.75. The topological polar surface area (TPSA) is 58.1 Å². The number of hydrogen-bond donors (Lipinski definition) is 1. The number of rotatable bonds is 2. The second-order valence-electron chi connectivity index (χ2n) is 3.32. The van der Waals surface area contributed by atoms with Crippen molar-refractivity contribution < 1.29 is 4.79 Å². The zero-order chi connectivity index (χ0) is 9.97. The minimum atomic E-state index is -0.0501. The van der Waals surface area contributed by atoms with Gasteiger partial charge < -0.3 is 5.32 Å². The lowest BCUT2D eigenvalue weighted by molar-refractivity contribution is -0.128. The van der Waals surface area contributed by atoms with Gasteiger partial charge in [-0.2, -0.15) is 0 Å².